The van der Waals surface area contributed by atoms with Gasteiger partial charge in [0.2, 0.25) is 0 Å². The van der Waals surface area contributed by atoms with Crippen molar-refractivity contribution in [1.29, 1.82) is 0 Å². The van der Waals surface area contributed by atoms with Crippen molar-refractivity contribution in [2.75, 3.05) is 7.11 Å². The second-order valence-electron chi connectivity index (χ2n) is 7.33. The minimum absolute atomic E-state index is 0.439. The first kappa shape index (κ1) is 19.8. The van der Waals surface area contributed by atoms with Gasteiger partial charge in [0.15, 0.2) is 17.1 Å². The van der Waals surface area contributed by atoms with E-state index in [1.54, 1.807) is 19.5 Å². The SMILES string of the molecule is COc1cc2c(Oc3cc4cccnc4nc3C)ccnc2cc1OCc1ccccc1. The Bertz CT molecular complexity index is 1400. The third-order valence-electron chi connectivity index (χ3n) is 5.18. The number of pyridine rings is 3. The van der Waals surface area contributed by atoms with Crippen LogP contribution < -0.4 is 14.2 Å². The maximum absolute atomic E-state index is 6.27. The highest BCUT2D eigenvalue weighted by molar-refractivity contribution is 5.88. The van der Waals surface area contributed by atoms with Crippen LogP contribution >= 0.6 is 0 Å². The van der Waals surface area contributed by atoms with E-state index in [-0.39, 0.29) is 0 Å². The molecule has 6 heteroatoms. The number of hydrogen-bond acceptors (Lipinski definition) is 6. The second kappa shape index (κ2) is 8.51. The number of methoxy groups -OCH3 is 1. The van der Waals surface area contributed by atoms with Gasteiger partial charge in [-0.25, -0.2) is 9.97 Å². The molecule has 0 bridgehead atoms. The molecule has 32 heavy (non-hydrogen) atoms. The third kappa shape index (κ3) is 3.90. The first-order valence-electron chi connectivity index (χ1n) is 10.2. The third-order valence-corrected chi connectivity index (χ3v) is 5.18. The first-order valence-corrected chi connectivity index (χ1v) is 10.2. The molecule has 0 aliphatic carbocycles. The van der Waals surface area contributed by atoms with Crippen molar-refractivity contribution >= 4 is 21.9 Å². The number of nitrogens with zero attached hydrogens (tertiary/aromatic N) is 3. The van der Waals surface area contributed by atoms with Crippen molar-refractivity contribution in [3.63, 3.8) is 0 Å². The Morgan fingerprint density at radius 1 is 0.781 bits per heavy atom. The maximum atomic E-state index is 6.27. The summed E-state index contributed by atoms with van der Waals surface area (Å²) in [6.07, 6.45) is 3.45. The van der Waals surface area contributed by atoms with Gasteiger partial charge in [-0.2, -0.15) is 0 Å². The van der Waals surface area contributed by atoms with Gasteiger partial charge < -0.3 is 14.2 Å². The molecule has 0 N–H and O–H groups in total. The van der Waals surface area contributed by atoms with Gasteiger partial charge in [-0.15, -0.1) is 0 Å². The number of fused-ring (bicyclic) bond motifs is 2. The fourth-order valence-electron chi connectivity index (χ4n) is 3.52. The zero-order valence-electron chi connectivity index (χ0n) is 17.8. The molecule has 0 unspecified atom stereocenters. The highest BCUT2D eigenvalue weighted by atomic mass is 16.5. The van der Waals surface area contributed by atoms with Crippen LogP contribution in [0.1, 0.15) is 11.3 Å². The lowest BCUT2D eigenvalue weighted by Gasteiger charge is -2.15. The van der Waals surface area contributed by atoms with Gasteiger partial charge in [0.25, 0.3) is 0 Å². The van der Waals surface area contributed by atoms with Gasteiger partial charge in [0, 0.05) is 29.2 Å². The molecule has 0 spiro atoms. The quantitative estimate of drug-likeness (QED) is 0.340. The van der Waals surface area contributed by atoms with Crippen LogP contribution in [0.15, 0.2) is 79.1 Å². The minimum atomic E-state index is 0.439. The summed E-state index contributed by atoms with van der Waals surface area (Å²) in [5.74, 6) is 2.57. The van der Waals surface area contributed by atoms with E-state index < -0.39 is 0 Å². The molecule has 6 nitrogen and oxygen atoms in total. The molecule has 3 heterocycles. The lowest BCUT2D eigenvalue weighted by atomic mass is 10.1. The van der Waals surface area contributed by atoms with Gasteiger partial charge in [-0.1, -0.05) is 30.3 Å². The van der Waals surface area contributed by atoms with Gasteiger partial charge >= 0.3 is 0 Å². The summed E-state index contributed by atoms with van der Waals surface area (Å²) in [6, 6.07) is 21.4. The average Bonchev–Trinajstić information content (AvgIpc) is 2.83. The fourth-order valence-corrected chi connectivity index (χ4v) is 3.52. The lowest BCUT2D eigenvalue weighted by Crippen LogP contribution is -1.99. The highest BCUT2D eigenvalue weighted by Gasteiger charge is 2.14. The molecular formula is C26H21N3O3. The number of ether oxygens (including phenoxy) is 3. The molecule has 0 aliphatic rings. The van der Waals surface area contributed by atoms with Crippen molar-refractivity contribution in [2.45, 2.75) is 13.5 Å². The summed E-state index contributed by atoms with van der Waals surface area (Å²) in [7, 11) is 1.62. The molecule has 5 rings (SSSR count). The lowest BCUT2D eigenvalue weighted by molar-refractivity contribution is 0.285. The van der Waals surface area contributed by atoms with Gasteiger partial charge in [0.1, 0.15) is 18.1 Å². The molecule has 0 radical (unpaired) electrons. The largest absolute Gasteiger partial charge is 0.493 e. The van der Waals surface area contributed by atoms with Crippen molar-refractivity contribution < 1.29 is 14.2 Å². The Morgan fingerprint density at radius 2 is 1.66 bits per heavy atom. The number of rotatable bonds is 6. The Labute approximate surface area is 185 Å². The molecule has 3 aromatic heterocycles. The summed E-state index contributed by atoms with van der Waals surface area (Å²) >= 11 is 0. The highest BCUT2D eigenvalue weighted by Crippen LogP contribution is 2.38. The van der Waals surface area contributed by atoms with E-state index in [2.05, 4.69) is 15.0 Å². The zero-order chi connectivity index (χ0) is 21.9. The first-order chi connectivity index (χ1) is 15.7. The summed E-state index contributed by atoms with van der Waals surface area (Å²) in [4.78, 5) is 13.4. The molecule has 5 aromatic rings. The molecule has 0 atom stereocenters. The van der Waals surface area contributed by atoms with E-state index in [0.29, 0.717) is 35.3 Å². The summed E-state index contributed by atoms with van der Waals surface area (Å²) in [6.45, 7) is 2.35. The standard InChI is InChI=1S/C26H21N3O3/c1-17-23(13-19-9-6-11-28-26(19)29-17)32-22-10-12-27-21-15-25(24(30-2)14-20(21)22)31-16-18-7-4-3-5-8-18/h3-15H,16H2,1-2H3. The average molecular weight is 423 g/mol. The zero-order valence-corrected chi connectivity index (χ0v) is 17.8. The van der Waals surface area contributed by atoms with E-state index in [4.69, 9.17) is 14.2 Å². The van der Waals surface area contributed by atoms with E-state index >= 15 is 0 Å². The van der Waals surface area contributed by atoms with E-state index in [1.165, 1.54) is 0 Å². The Balaban J connectivity index is 1.50. The van der Waals surface area contributed by atoms with Crippen LogP contribution in [0.5, 0.6) is 23.0 Å². The van der Waals surface area contributed by atoms with Crippen LogP contribution in [0.4, 0.5) is 0 Å². The van der Waals surface area contributed by atoms with Crippen molar-refractivity contribution in [3.8, 4) is 23.0 Å². The predicted octanol–water partition coefficient (Wildman–Crippen LogP) is 5.87. The van der Waals surface area contributed by atoms with Crippen LogP contribution in [0.25, 0.3) is 21.9 Å². The van der Waals surface area contributed by atoms with Crippen LogP contribution in [0.3, 0.4) is 0 Å². The summed E-state index contributed by atoms with van der Waals surface area (Å²) < 4.78 is 17.9. The molecule has 2 aromatic carbocycles. The van der Waals surface area contributed by atoms with Gasteiger partial charge in [0.05, 0.1) is 18.3 Å². The van der Waals surface area contributed by atoms with Crippen LogP contribution in [-0.4, -0.2) is 22.1 Å². The molecule has 0 saturated heterocycles. The van der Waals surface area contributed by atoms with E-state index in [1.807, 2.05) is 73.7 Å². The normalized spacial score (nSPS) is 10.9. The van der Waals surface area contributed by atoms with Crippen molar-refractivity contribution in [1.82, 2.24) is 15.0 Å². The second-order valence-corrected chi connectivity index (χ2v) is 7.33. The monoisotopic (exact) mass is 423 g/mol. The molecular weight excluding hydrogens is 402 g/mol. The Kier molecular flexibility index (Phi) is 5.25. The number of aryl methyl sites for hydroxylation is 1. The smallest absolute Gasteiger partial charge is 0.163 e. The molecule has 0 amide bonds. The fraction of sp³-hybridized carbons (Fsp3) is 0.115. The van der Waals surface area contributed by atoms with Crippen LogP contribution in [0, 0.1) is 6.92 Å². The van der Waals surface area contributed by atoms with Crippen LogP contribution in [0.2, 0.25) is 0 Å². The van der Waals surface area contributed by atoms with Gasteiger partial charge in [-0.3, -0.25) is 4.98 Å². The maximum Gasteiger partial charge on any atom is 0.163 e. The predicted molar refractivity (Wildman–Crippen MR) is 123 cm³/mol. The number of benzene rings is 2. The summed E-state index contributed by atoms with van der Waals surface area (Å²) in [5, 5.41) is 1.74. The van der Waals surface area contributed by atoms with Crippen molar-refractivity contribution in [3.05, 3.63) is 90.4 Å². The van der Waals surface area contributed by atoms with Crippen molar-refractivity contribution in [2.24, 2.45) is 0 Å². The van der Waals surface area contributed by atoms with Crippen LogP contribution in [-0.2, 0) is 6.61 Å². The molecule has 158 valence electrons. The molecule has 0 fully saturated rings. The number of aromatic nitrogens is 3. The Hall–Kier alpha value is -4.19. The topological polar surface area (TPSA) is 66.4 Å². The summed E-state index contributed by atoms with van der Waals surface area (Å²) in [5.41, 5.74) is 3.28. The molecule has 0 aliphatic heterocycles. The Morgan fingerprint density at radius 3 is 2.50 bits per heavy atom. The van der Waals surface area contributed by atoms with Gasteiger partial charge in [-0.05, 0) is 42.8 Å². The molecule has 0 saturated carbocycles. The van der Waals surface area contributed by atoms with E-state index in [0.717, 1.165) is 27.5 Å². The minimum Gasteiger partial charge on any atom is -0.493 e. The van der Waals surface area contributed by atoms with E-state index in [9.17, 15) is 0 Å². The number of hydrogen-bond donors (Lipinski definition) is 0.